The fourth-order valence-electron chi connectivity index (χ4n) is 2.36. The second-order valence-corrected chi connectivity index (χ2v) is 4.95. The molecule has 0 spiro atoms. The fourth-order valence-corrected chi connectivity index (χ4v) is 2.36. The lowest BCUT2D eigenvalue weighted by molar-refractivity contribution is -0.133. The second-order valence-electron chi connectivity index (χ2n) is 4.95. The summed E-state index contributed by atoms with van der Waals surface area (Å²) in [5.74, 6) is 0.556. The zero-order valence-electron chi connectivity index (χ0n) is 11.5. The third kappa shape index (κ3) is 3.32. The summed E-state index contributed by atoms with van der Waals surface area (Å²) in [4.78, 5) is 13.7. The first-order valence-electron chi connectivity index (χ1n) is 6.25. The van der Waals surface area contributed by atoms with E-state index < -0.39 is 0 Å². The maximum absolute atomic E-state index is 12.0. The number of rotatable bonds is 4. The van der Waals surface area contributed by atoms with Crippen molar-refractivity contribution in [2.45, 2.75) is 33.1 Å². The van der Waals surface area contributed by atoms with Gasteiger partial charge in [0.15, 0.2) is 0 Å². The van der Waals surface area contributed by atoms with Crippen LogP contribution in [0.3, 0.4) is 0 Å². The van der Waals surface area contributed by atoms with Crippen LogP contribution in [0, 0.1) is 12.8 Å². The van der Waals surface area contributed by atoms with E-state index in [0.29, 0.717) is 5.92 Å². The normalized spacial score (nSPS) is 14.2. The summed E-state index contributed by atoms with van der Waals surface area (Å²) in [5.41, 5.74) is 2.53. The number of nitrogens with zero attached hydrogens (tertiary/aromatic N) is 1. The third-order valence-corrected chi connectivity index (χ3v) is 3.34. The molecule has 17 heavy (non-hydrogen) atoms. The Balaban J connectivity index is 2.95. The quantitative estimate of drug-likeness (QED) is 0.782. The van der Waals surface area contributed by atoms with Crippen LogP contribution in [0.4, 0.5) is 0 Å². The van der Waals surface area contributed by atoms with Gasteiger partial charge in [0.25, 0.3) is 0 Å². The van der Waals surface area contributed by atoms with Crippen LogP contribution in [0.1, 0.15) is 37.3 Å². The highest BCUT2D eigenvalue weighted by atomic mass is 16.2. The fraction of sp³-hybridized carbons (Fsp3) is 0.533. The van der Waals surface area contributed by atoms with E-state index in [1.165, 1.54) is 11.1 Å². The Morgan fingerprint density at radius 2 is 2.00 bits per heavy atom. The average Bonchev–Trinajstić information content (AvgIpc) is 2.28. The molecule has 0 saturated carbocycles. The van der Waals surface area contributed by atoms with E-state index in [1.807, 2.05) is 21.0 Å². The van der Waals surface area contributed by atoms with Gasteiger partial charge in [-0.1, -0.05) is 43.7 Å². The Hall–Kier alpha value is -1.31. The maximum atomic E-state index is 12.0. The van der Waals surface area contributed by atoms with Gasteiger partial charge in [-0.25, -0.2) is 0 Å². The molecule has 0 aliphatic carbocycles. The van der Waals surface area contributed by atoms with Crippen LogP contribution in [-0.2, 0) is 4.79 Å². The molecule has 0 N–H and O–H groups in total. The van der Waals surface area contributed by atoms with Gasteiger partial charge in [-0.15, -0.1) is 0 Å². The average molecular weight is 233 g/mol. The molecule has 0 unspecified atom stereocenters. The third-order valence-electron chi connectivity index (χ3n) is 3.34. The Morgan fingerprint density at radius 1 is 1.35 bits per heavy atom. The van der Waals surface area contributed by atoms with Crippen molar-refractivity contribution in [3.63, 3.8) is 0 Å². The van der Waals surface area contributed by atoms with Gasteiger partial charge < -0.3 is 4.90 Å². The van der Waals surface area contributed by atoms with E-state index >= 15 is 0 Å². The van der Waals surface area contributed by atoms with Gasteiger partial charge in [-0.2, -0.15) is 0 Å². The van der Waals surface area contributed by atoms with E-state index in [-0.39, 0.29) is 11.8 Å². The highest BCUT2D eigenvalue weighted by Crippen LogP contribution is 2.29. The van der Waals surface area contributed by atoms with Crippen LogP contribution >= 0.6 is 0 Å². The predicted molar refractivity (Wildman–Crippen MR) is 72.1 cm³/mol. The van der Waals surface area contributed by atoms with E-state index in [9.17, 15) is 4.79 Å². The van der Waals surface area contributed by atoms with Crippen molar-refractivity contribution in [1.29, 1.82) is 0 Å². The zero-order chi connectivity index (χ0) is 13.0. The first-order valence-corrected chi connectivity index (χ1v) is 6.25. The highest BCUT2D eigenvalue weighted by molar-refractivity contribution is 5.79. The number of benzene rings is 1. The summed E-state index contributed by atoms with van der Waals surface area (Å²) < 4.78 is 0. The van der Waals surface area contributed by atoms with Gasteiger partial charge in [0, 0.05) is 20.0 Å². The van der Waals surface area contributed by atoms with E-state index in [2.05, 4.69) is 38.1 Å². The van der Waals surface area contributed by atoms with Crippen LogP contribution in [0.2, 0.25) is 0 Å². The lowest BCUT2D eigenvalue weighted by atomic mass is 9.84. The molecular formula is C15H23NO. The summed E-state index contributed by atoms with van der Waals surface area (Å²) in [5, 5.41) is 0. The molecule has 0 radical (unpaired) electrons. The Kier molecular flexibility index (Phi) is 4.73. The first kappa shape index (κ1) is 13.8. The van der Waals surface area contributed by atoms with Crippen molar-refractivity contribution >= 4 is 5.91 Å². The van der Waals surface area contributed by atoms with Crippen LogP contribution < -0.4 is 0 Å². The molecule has 0 bridgehead atoms. The van der Waals surface area contributed by atoms with Crippen molar-refractivity contribution in [3.05, 3.63) is 35.4 Å². The number of amides is 1. The lowest BCUT2D eigenvalue weighted by Crippen LogP contribution is -2.31. The summed E-state index contributed by atoms with van der Waals surface area (Å²) in [6.45, 7) is 6.26. The molecule has 0 aliphatic heterocycles. The number of hydrogen-bond donors (Lipinski definition) is 0. The number of aryl methyl sites for hydroxylation is 1. The van der Waals surface area contributed by atoms with Crippen molar-refractivity contribution in [1.82, 2.24) is 4.90 Å². The summed E-state index contributed by atoms with van der Waals surface area (Å²) in [6, 6.07) is 8.48. The predicted octanol–water partition coefficient (Wildman–Crippen LogP) is 3.21. The topological polar surface area (TPSA) is 20.3 Å². The molecule has 0 aromatic heterocycles. The molecule has 1 amide bonds. The number of hydrogen-bond acceptors (Lipinski definition) is 1. The second kappa shape index (κ2) is 5.85. The molecule has 0 fully saturated rings. The van der Waals surface area contributed by atoms with Gasteiger partial charge in [0.2, 0.25) is 5.91 Å². The summed E-state index contributed by atoms with van der Waals surface area (Å²) in [7, 11) is 3.64. The summed E-state index contributed by atoms with van der Waals surface area (Å²) >= 11 is 0. The van der Waals surface area contributed by atoms with Gasteiger partial charge in [-0.3, -0.25) is 4.79 Å². The van der Waals surface area contributed by atoms with Crippen LogP contribution in [0.15, 0.2) is 24.3 Å². The van der Waals surface area contributed by atoms with E-state index in [4.69, 9.17) is 0 Å². The smallest absolute Gasteiger partial charge is 0.225 e. The Morgan fingerprint density at radius 3 is 2.47 bits per heavy atom. The Labute approximate surface area is 105 Å². The van der Waals surface area contributed by atoms with E-state index in [0.717, 1.165) is 6.42 Å². The van der Waals surface area contributed by atoms with Crippen molar-refractivity contribution in [2.24, 2.45) is 5.92 Å². The molecular weight excluding hydrogens is 210 g/mol. The summed E-state index contributed by atoms with van der Waals surface area (Å²) in [6.07, 6.45) is 0.990. The van der Waals surface area contributed by atoms with Crippen LogP contribution in [0.5, 0.6) is 0 Å². The number of carbonyl (C=O) groups excluding carboxylic acids is 1. The molecule has 1 aromatic rings. The maximum Gasteiger partial charge on any atom is 0.225 e. The van der Waals surface area contributed by atoms with Crippen molar-refractivity contribution < 1.29 is 4.79 Å². The largest absolute Gasteiger partial charge is 0.349 e. The minimum absolute atomic E-state index is 0.0387. The van der Waals surface area contributed by atoms with Crippen LogP contribution in [0.25, 0.3) is 0 Å². The molecule has 0 heterocycles. The number of carbonyl (C=O) groups is 1. The highest BCUT2D eigenvalue weighted by Gasteiger charge is 2.25. The van der Waals surface area contributed by atoms with Crippen molar-refractivity contribution in [3.8, 4) is 0 Å². The standard InChI is InChI=1S/C15H23NO/c1-6-14(12(3)15(17)16(4)5)13-9-7-8-11(2)10-13/h7-10,12,14H,6H2,1-5H3/t12-,14-/m1/s1. The van der Waals surface area contributed by atoms with Gasteiger partial charge in [-0.05, 0) is 24.8 Å². The van der Waals surface area contributed by atoms with Gasteiger partial charge >= 0.3 is 0 Å². The molecule has 0 aliphatic rings. The minimum Gasteiger partial charge on any atom is -0.349 e. The van der Waals surface area contributed by atoms with Crippen LogP contribution in [-0.4, -0.2) is 24.9 Å². The molecule has 1 aromatic carbocycles. The molecule has 0 saturated heterocycles. The molecule has 2 atom stereocenters. The first-order chi connectivity index (χ1) is 7.97. The molecule has 1 rings (SSSR count). The molecule has 2 nitrogen and oxygen atoms in total. The molecule has 2 heteroatoms. The SMILES string of the molecule is CC[C@@H](c1cccc(C)c1)[C@@H](C)C(=O)N(C)C. The van der Waals surface area contributed by atoms with Gasteiger partial charge in [0.05, 0.1) is 0 Å². The Bertz CT molecular complexity index is 384. The van der Waals surface area contributed by atoms with Gasteiger partial charge in [0.1, 0.15) is 0 Å². The lowest BCUT2D eigenvalue weighted by Gasteiger charge is -2.25. The van der Waals surface area contributed by atoms with E-state index in [1.54, 1.807) is 4.90 Å². The molecule has 94 valence electrons. The monoisotopic (exact) mass is 233 g/mol. The minimum atomic E-state index is 0.0387. The van der Waals surface area contributed by atoms with Crippen molar-refractivity contribution in [2.75, 3.05) is 14.1 Å². The zero-order valence-corrected chi connectivity index (χ0v) is 11.5.